The van der Waals surface area contributed by atoms with Crippen LogP contribution in [0.25, 0.3) is 0 Å². The first-order valence-corrected chi connectivity index (χ1v) is 7.88. The number of ether oxygens (including phenoxy) is 1. The van der Waals surface area contributed by atoms with E-state index in [0.717, 1.165) is 0 Å². The normalized spacial score (nSPS) is 12.6. The van der Waals surface area contributed by atoms with Crippen molar-refractivity contribution in [3.63, 3.8) is 0 Å². The van der Waals surface area contributed by atoms with Gasteiger partial charge in [-0.25, -0.2) is 13.1 Å². The molecule has 0 heterocycles. The van der Waals surface area contributed by atoms with Crippen molar-refractivity contribution in [2.45, 2.75) is 17.9 Å². The number of methoxy groups -OCH3 is 1. The first-order valence-electron chi connectivity index (χ1n) is 6.40. The van der Waals surface area contributed by atoms with E-state index < -0.39 is 27.9 Å². The number of carbonyl (C=O) groups excluding carboxylic acids is 1. The highest BCUT2D eigenvalue weighted by Gasteiger charge is 2.18. The molecule has 1 aromatic carbocycles. The lowest BCUT2D eigenvalue weighted by atomic mass is 10.2. The molecule has 0 aliphatic carbocycles. The molecule has 0 saturated heterocycles. The molecule has 0 aliphatic rings. The van der Waals surface area contributed by atoms with Crippen LogP contribution >= 0.6 is 0 Å². The van der Waals surface area contributed by atoms with Crippen molar-refractivity contribution in [1.82, 2.24) is 10.0 Å². The molecule has 0 aromatic heterocycles. The molecule has 122 valence electrons. The van der Waals surface area contributed by atoms with Crippen LogP contribution in [0.4, 0.5) is 0 Å². The van der Waals surface area contributed by atoms with E-state index in [2.05, 4.69) is 10.0 Å². The third-order valence-electron chi connectivity index (χ3n) is 2.72. The monoisotopic (exact) mass is 330 g/mol. The highest BCUT2D eigenvalue weighted by molar-refractivity contribution is 7.89. The molecule has 0 fully saturated rings. The minimum Gasteiger partial charge on any atom is -0.480 e. The SMILES string of the molecule is COCCNS(=O)(=O)c1cccc(C(=O)N[C@H](C)C(=O)O)c1. The Kier molecular flexibility index (Phi) is 6.47. The van der Waals surface area contributed by atoms with Crippen LogP contribution < -0.4 is 10.0 Å². The lowest BCUT2D eigenvalue weighted by Crippen LogP contribution is -2.38. The van der Waals surface area contributed by atoms with Crippen molar-refractivity contribution in [3.05, 3.63) is 29.8 Å². The summed E-state index contributed by atoms with van der Waals surface area (Å²) in [7, 11) is -2.31. The van der Waals surface area contributed by atoms with Gasteiger partial charge in [0, 0.05) is 19.2 Å². The van der Waals surface area contributed by atoms with Gasteiger partial charge in [0.1, 0.15) is 6.04 Å². The second-order valence-electron chi connectivity index (χ2n) is 4.45. The molecule has 0 aliphatic heterocycles. The van der Waals surface area contributed by atoms with E-state index in [1.165, 1.54) is 38.3 Å². The first-order chi connectivity index (χ1) is 10.3. The lowest BCUT2D eigenvalue weighted by Gasteiger charge is -2.11. The van der Waals surface area contributed by atoms with Crippen LogP contribution in [0.5, 0.6) is 0 Å². The second-order valence-corrected chi connectivity index (χ2v) is 6.22. The standard InChI is InChI=1S/C13H18N2O6S/c1-9(13(17)18)15-12(16)10-4-3-5-11(8-10)22(19,20)14-6-7-21-2/h3-5,8-9,14H,6-7H2,1-2H3,(H,15,16)(H,17,18)/t9-/m1/s1. The molecule has 1 atom stereocenters. The van der Waals surface area contributed by atoms with Gasteiger partial charge in [-0.05, 0) is 25.1 Å². The Balaban J connectivity index is 2.89. The van der Waals surface area contributed by atoms with Crippen molar-refractivity contribution >= 4 is 21.9 Å². The van der Waals surface area contributed by atoms with Gasteiger partial charge in [-0.15, -0.1) is 0 Å². The van der Waals surface area contributed by atoms with Crippen molar-refractivity contribution in [2.24, 2.45) is 0 Å². The molecule has 1 amide bonds. The van der Waals surface area contributed by atoms with Gasteiger partial charge in [0.2, 0.25) is 10.0 Å². The fourth-order valence-corrected chi connectivity index (χ4v) is 2.57. The molecule has 3 N–H and O–H groups in total. The zero-order valence-electron chi connectivity index (χ0n) is 12.2. The third kappa shape index (κ3) is 5.10. The Hall–Kier alpha value is -1.97. The van der Waals surface area contributed by atoms with Crippen molar-refractivity contribution in [3.8, 4) is 0 Å². The summed E-state index contributed by atoms with van der Waals surface area (Å²) in [6.07, 6.45) is 0. The molecule has 0 spiro atoms. The van der Waals surface area contributed by atoms with Gasteiger partial charge in [0.05, 0.1) is 11.5 Å². The van der Waals surface area contributed by atoms with E-state index in [0.29, 0.717) is 0 Å². The van der Waals surface area contributed by atoms with Gasteiger partial charge in [-0.2, -0.15) is 0 Å². The van der Waals surface area contributed by atoms with E-state index in [1.807, 2.05) is 0 Å². The van der Waals surface area contributed by atoms with Crippen molar-refractivity contribution < 1.29 is 27.9 Å². The van der Waals surface area contributed by atoms with Crippen LogP contribution in [-0.2, 0) is 19.6 Å². The molecule has 22 heavy (non-hydrogen) atoms. The number of carboxylic acids is 1. The zero-order chi connectivity index (χ0) is 16.8. The second kappa shape index (κ2) is 7.87. The molecule has 1 aromatic rings. The number of hydrogen-bond donors (Lipinski definition) is 3. The van der Waals surface area contributed by atoms with Crippen LogP contribution in [0.1, 0.15) is 17.3 Å². The summed E-state index contributed by atoms with van der Waals surface area (Å²) in [4.78, 5) is 22.5. The van der Waals surface area contributed by atoms with E-state index in [1.54, 1.807) is 0 Å². The minimum atomic E-state index is -3.76. The number of benzene rings is 1. The minimum absolute atomic E-state index is 0.0581. The fraction of sp³-hybridized carbons (Fsp3) is 0.385. The summed E-state index contributed by atoms with van der Waals surface area (Å²) in [5.74, 6) is -1.85. The number of carbonyl (C=O) groups is 2. The summed E-state index contributed by atoms with van der Waals surface area (Å²) >= 11 is 0. The third-order valence-corrected chi connectivity index (χ3v) is 4.18. The van der Waals surface area contributed by atoms with Gasteiger partial charge >= 0.3 is 5.97 Å². The van der Waals surface area contributed by atoms with Gasteiger partial charge in [0.15, 0.2) is 0 Å². The molecule has 8 nitrogen and oxygen atoms in total. The lowest BCUT2D eigenvalue weighted by molar-refractivity contribution is -0.138. The van der Waals surface area contributed by atoms with Crippen LogP contribution in [0.3, 0.4) is 0 Å². The number of amides is 1. The molecule has 9 heteroatoms. The molecule has 1 rings (SSSR count). The molecule has 0 saturated carbocycles. The maximum atomic E-state index is 12.0. The van der Waals surface area contributed by atoms with E-state index >= 15 is 0 Å². The summed E-state index contributed by atoms with van der Waals surface area (Å²) in [6, 6.07) is 4.25. The number of rotatable bonds is 8. The first kappa shape index (κ1) is 18.1. The predicted octanol–water partition coefficient (Wildman–Crippen LogP) is -0.186. The summed E-state index contributed by atoms with van der Waals surface area (Å²) in [5, 5.41) is 11.0. The average molecular weight is 330 g/mol. The summed E-state index contributed by atoms with van der Waals surface area (Å²) in [5.41, 5.74) is 0.0581. The predicted molar refractivity (Wildman–Crippen MR) is 78.1 cm³/mol. The van der Waals surface area contributed by atoms with Crippen LogP contribution in [0.2, 0.25) is 0 Å². The summed E-state index contributed by atoms with van der Waals surface area (Å²) < 4.78 is 31.1. The molecule has 0 unspecified atom stereocenters. The Bertz CT molecular complexity index is 644. The molecular formula is C13H18N2O6S. The van der Waals surface area contributed by atoms with Gasteiger partial charge in [0.25, 0.3) is 5.91 Å². The van der Waals surface area contributed by atoms with Gasteiger partial charge in [-0.3, -0.25) is 9.59 Å². The number of sulfonamides is 1. The van der Waals surface area contributed by atoms with E-state index in [-0.39, 0.29) is 23.6 Å². The van der Waals surface area contributed by atoms with Gasteiger partial charge in [-0.1, -0.05) is 6.07 Å². The zero-order valence-corrected chi connectivity index (χ0v) is 13.0. The maximum absolute atomic E-state index is 12.0. The van der Waals surface area contributed by atoms with Gasteiger partial charge < -0.3 is 15.2 Å². The number of nitrogens with one attached hydrogen (secondary N) is 2. The quantitative estimate of drug-likeness (QED) is 0.568. The number of aliphatic carboxylic acids is 1. The smallest absolute Gasteiger partial charge is 0.325 e. The molecule has 0 bridgehead atoms. The Morgan fingerprint density at radius 2 is 2.05 bits per heavy atom. The highest BCUT2D eigenvalue weighted by Crippen LogP contribution is 2.11. The Morgan fingerprint density at radius 1 is 1.36 bits per heavy atom. The summed E-state index contributed by atoms with van der Waals surface area (Å²) in [6.45, 7) is 1.63. The largest absolute Gasteiger partial charge is 0.480 e. The Morgan fingerprint density at radius 3 is 2.64 bits per heavy atom. The topological polar surface area (TPSA) is 122 Å². The van der Waals surface area contributed by atoms with Crippen LogP contribution in [-0.4, -0.2) is 51.7 Å². The maximum Gasteiger partial charge on any atom is 0.325 e. The number of carboxylic acid groups (broad SMARTS) is 1. The van der Waals surface area contributed by atoms with E-state index in [9.17, 15) is 18.0 Å². The van der Waals surface area contributed by atoms with Crippen molar-refractivity contribution in [2.75, 3.05) is 20.3 Å². The van der Waals surface area contributed by atoms with Crippen molar-refractivity contribution in [1.29, 1.82) is 0 Å². The Labute approximate surface area is 128 Å². The molecule has 0 radical (unpaired) electrons. The van der Waals surface area contributed by atoms with E-state index in [4.69, 9.17) is 9.84 Å². The average Bonchev–Trinajstić information content (AvgIpc) is 2.47. The highest BCUT2D eigenvalue weighted by atomic mass is 32.2. The molecular weight excluding hydrogens is 312 g/mol. The fourth-order valence-electron chi connectivity index (χ4n) is 1.51. The van der Waals surface area contributed by atoms with Crippen LogP contribution in [0.15, 0.2) is 29.2 Å². The number of hydrogen-bond acceptors (Lipinski definition) is 5. The van der Waals surface area contributed by atoms with Crippen LogP contribution in [0, 0.1) is 0 Å².